The van der Waals surface area contributed by atoms with Crippen molar-refractivity contribution >= 4 is 11.9 Å². The lowest BCUT2D eigenvalue weighted by atomic mass is 10.1. The molecule has 0 aliphatic heterocycles. The molecule has 0 spiro atoms. The van der Waals surface area contributed by atoms with Crippen molar-refractivity contribution in [2.45, 2.75) is 71.3 Å². The van der Waals surface area contributed by atoms with Crippen LogP contribution >= 0.6 is 0 Å². The minimum absolute atomic E-state index is 0.0535. The smallest absolute Gasteiger partial charge is 0.334 e. The highest BCUT2D eigenvalue weighted by Crippen LogP contribution is 2.08. The third kappa shape index (κ3) is 10.9. The van der Waals surface area contributed by atoms with Crippen molar-refractivity contribution in [1.82, 2.24) is 0 Å². The molecule has 124 valence electrons. The molecule has 0 aromatic rings. The van der Waals surface area contributed by atoms with Crippen molar-refractivity contribution < 1.29 is 19.1 Å². The topological polar surface area (TPSA) is 76.4 Å². The molecule has 1 unspecified atom stereocenters. The summed E-state index contributed by atoms with van der Waals surface area (Å²) in [6, 6.07) is 1.91. The number of carbonyl (C=O) groups excluding carboxylic acids is 2. The fourth-order valence-corrected chi connectivity index (χ4v) is 1.80. The van der Waals surface area contributed by atoms with Gasteiger partial charge in [0.1, 0.15) is 6.10 Å². The summed E-state index contributed by atoms with van der Waals surface area (Å²) < 4.78 is 10.0. The Labute approximate surface area is 133 Å². The average molecular weight is 309 g/mol. The molecule has 0 aromatic heterocycles. The SMILES string of the molecule is C=C(CC(=O)OCCCCCCCC)C(=O)OC(C)CC#N. The monoisotopic (exact) mass is 309 g/mol. The Bertz CT molecular complexity index is 398. The van der Waals surface area contributed by atoms with Gasteiger partial charge in [-0.15, -0.1) is 0 Å². The molecule has 0 aliphatic carbocycles. The van der Waals surface area contributed by atoms with Crippen LogP contribution in [0.5, 0.6) is 0 Å². The minimum Gasteiger partial charge on any atom is -0.465 e. The van der Waals surface area contributed by atoms with Gasteiger partial charge in [0.2, 0.25) is 0 Å². The first-order valence-corrected chi connectivity index (χ1v) is 7.92. The summed E-state index contributed by atoms with van der Waals surface area (Å²) in [4.78, 5) is 23.2. The van der Waals surface area contributed by atoms with Crippen LogP contribution in [0.2, 0.25) is 0 Å². The molecular weight excluding hydrogens is 282 g/mol. The van der Waals surface area contributed by atoms with Gasteiger partial charge in [0.05, 0.1) is 25.5 Å². The summed E-state index contributed by atoms with van der Waals surface area (Å²) in [7, 11) is 0. The summed E-state index contributed by atoms with van der Waals surface area (Å²) in [5.41, 5.74) is 0.0535. The highest BCUT2D eigenvalue weighted by Gasteiger charge is 2.16. The molecule has 0 saturated carbocycles. The second kappa shape index (κ2) is 12.9. The second-order valence-corrected chi connectivity index (χ2v) is 5.35. The number of nitriles is 1. The number of hydrogen-bond donors (Lipinski definition) is 0. The quantitative estimate of drug-likeness (QED) is 0.312. The molecule has 0 amide bonds. The third-order valence-corrected chi connectivity index (χ3v) is 3.09. The Hall–Kier alpha value is -1.83. The fraction of sp³-hybridized carbons (Fsp3) is 0.706. The Morgan fingerprint density at radius 2 is 1.82 bits per heavy atom. The van der Waals surface area contributed by atoms with E-state index in [9.17, 15) is 9.59 Å². The fourth-order valence-electron chi connectivity index (χ4n) is 1.80. The van der Waals surface area contributed by atoms with Gasteiger partial charge >= 0.3 is 11.9 Å². The molecule has 0 rings (SSSR count). The van der Waals surface area contributed by atoms with E-state index in [0.29, 0.717) is 6.61 Å². The predicted octanol–water partition coefficient (Wildman–Crippen LogP) is 3.68. The van der Waals surface area contributed by atoms with Crippen LogP contribution in [0.25, 0.3) is 0 Å². The van der Waals surface area contributed by atoms with Crippen LogP contribution in [0, 0.1) is 11.3 Å². The Kier molecular flexibility index (Phi) is 11.8. The van der Waals surface area contributed by atoms with E-state index in [4.69, 9.17) is 14.7 Å². The van der Waals surface area contributed by atoms with E-state index in [0.717, 1.165) is 19.3 Å². The Balaban J connectivity index is 3.76. The number of unbranched alkanes of at least 4 members (excludes halogenated alkanes) is 5. The van der Waals surface area contributed by atoms with Gasteiger partial charge in [-0.3, -0.25) is 4.79 Å². The number of rotatable bonds is 12. The lowest BCUT2D eigenvalue weighted by Crippen LogP contribution is -2.18. The molecule has 1 atom stereocenters. The van der Waals surface area contributed by atoms with Gasteiger partial charge in [-0.2, -0.15) is 5.26 Å². The number of carbonyl (C=O) groups is 2. The van der Waals surface area contributed by atoms with Crippen LogP contribution in [0.4, 0.5) is 0 Å². The average Bonchev–Trinajstić information content (AvgIpc) is 2.46. The van der Waals surface area contributed by atoms with Gasteiger partial charge in [-0.25, -0.2) is 4.79 Å². The third-order valence-electron chi connectivity index (χ3n) is 3.09. The number of esters is 2. The van der Waals surface area contributed by atoms with Gasteiger partial charge in [0.25, 0.3) is 0 Å². The first-order valence-electron chi connectivity index (χ1n) is 7.92. The summed E-state index contributed by atoms with van der Waals surface area (Å²) in [6.45, 7) is 7.68. The predicted molar refractivity (Wildman–Crippen MR) is 83.9 cm³/mol. The molecule has 0 saturated heterocycles. The maximum absolute atomic E-state index is 11.6. The maximum Gasteiger partial charge on any atom is 0.334 e. The lowest BCUT2D eigenvalue weighted by Gasteiger charge is -2.11. The van der Waals surface area contributed by atoms with Gasteiger partial charge in [-0.1, -0.05) is 45.6 Å². The molecule has 0 fully saturated rings. The Morgan fingerprint density at radius 1 is 1.18 bits per heavy atom. The van der Waals surface area contributed by atoms with Crippen molar-refractivity contribution in [1.29, 1.82) is 5.26 Å². The van der Waals surface area contributed by atoms with Gasteiger partial charge in [0.15, 0.2) is 0 Å². The second-order valence-electron chi connectivity index (χ2n) is 5.35. The molecule has 5 nitrogen and oxygen atoms in total. The number of hydrogen-bond acceptors (Lipinski definition) is 5. The van der Waals surface area contributed by atoms with Crippen molar-refractivity contribution in [2.75, 3.05) is 6.61 Å². The number of nitrogens with zero attached hydrogens (tertiary/aromatic N) is 1. The highest BCUT2D eigenvalue weighted by molar-refractivity contribution is 5.93. The van der Waals surface area contributed by atoms with Gasteiger partial charge in [-0.05, 0) is 13.3 Å². The molecule has 0 radical (unpaired) electrons. The van der Waals surface area contributed by atoms with E-state index in [1.165, 1.54) is 19.3 Å². The summed E-state index contributed by atoms with van der Waals surface area (Å²) in [5.74, 6) is -1.12. The van der Waals surface area contributed by atoms with E-state index >= 15 is 0 Å². The molecule has 0 aromatic carbocycles. The van der Waals surface area contributed by atoms with Gasteiger partial charge in [0, 0.05) is 5.57 Å². The summed E-state index contributed by atoms with van der Waals surface area (Å²) in [6.07, 6.45) is 6.14. The number of ether oxygens (including phenoxy) is 2. The molecule has 0 N–H and O–H groups in total. The van der Waals surface area contributed by atoms with Crippen molar-refractivity contribution in [3.8, 4) is 6.07 Å². The van der Waals surface area contributed by atoms with Crippen LogP contribution in [0.15, 0.2) is 12.2 Å². The van der Waals surface area contributed by atoms with Crippen LogP contribution in [-0.2, 0) is 19.1 Å². The van der Waals surface area contributed by atoms with Crippen LogP contribution in [-0.4, -0.2) is 24.6 Å². The molecule has 22 heavy (non-hydrogen) atoms. The zero-order chi connectivity index (χ0) is 16.8. The Morgan fingerprint density at radius 3 is 2.45 bits per heavy atom. The molecular formula is C17H27NO4. The van der Waals surface area contributed by atoms with E-state index in [1.807, 2.05) is 6.07 Å². The first-order chi connectivity index (χ1) is 10.5. The maximum atomic E-state index is 11.6. The first kappa shape index (κ1) is 20.2. The largest absolute Gasteiger partial charge is 0.465 e. The zero-order valence-corrected chi connectivity index (χ0v) is 13.7. The van der Waals surface area contributed by atoms with Crippen LogP contribution in [0.1, 0.15) is 65.2 Å². The summed E-state index contributed by atoms with van der Waals surface area (Å²) in [5, 5.41) is 8.48. The highest BCUT2D eigenvalue weighted by atomic mass is 16.5. The van der Waals surface area contributed by atoms with Crippen LogP contribution < -0.4 is 0 Å². The standard InChI is InChI=1S/C17H27NO4/c1-4-5-6-7-8-9-12-21-16(19)13-14(2)17(20)22-15(3)10-11-18/h15H,2,4-10,12-13H2,1,3H3. The van der Waals surface area contributed by atoms with Crippen molar-refractivity contribution in [3.05, 3.63) is 12.2 Å². The van der Waals surface area contributed by atoms with Gasteiger partial charge < -0.3 is 9.47 Å². The molecule has 0 aliphatic rings. The van der Waals surface area contributed by atoms with E-state index < -0.39 is 18.0 Å². The zero-order valence-electron chi connectivity index (χ0n) is 13.7. The molecule has 0 heterocycles. The molecule has 5 heteroatoms. The molecule has 0 bridgehead atoms. The van der Waals surface area contributed by atoms with E-state index in [2.05, 4.69) is 13.5 Å². The summed E-state index contributed by atoms with van der Waals surface area (Å²) >= 11 is 0. The van der Waals surface area contributed by atoms with Crippen molar-refractivity contribution in [2.24, 2.45) is 0 Å². The van der Waals surface area contributed by atoms with Crippen LogP contribution in [0.3, 0.4) is 0 Å². The van der Waals surface area contributed by atoms with E-state index in [1.54, 1.807) is 6.92 Å². The normalized spacial score (nSPS) is 11.3. The van der Waals surface area contributed by atoms with E-state index in [-0.39, 0.29) is 18.4 Å². The van der Waals surface area contributed by atoms with Crippen molar-refractivity contribution in [3.63, 3.8) is 0 Å². The lowest BCUT2D eigenvalue weighted by molar-refractivity contribution is -0.148. The minimum atomic E-state index is -0.653.